The monoisotopic (exact) mass is 438 g/mol. The molecule has 29 heavy (non-hydrogen) atoms. The Kier molecular flexibility index (Phi) is 7.64. The summed E-state index contributed by atoms with van der Waals surface area (Å²) in [6, 6.07) is 11.8. The van der Waals surface area contributed by atoms with Gasteiger partial charge in [0.25, 0.3) is 0 Å². The van der Waals surface area contributed by atoms with Crippen molar-refractivity contribution in [1.29, 1.82) is 0 Å². The molecule has 0 aliphatic carbocycles. The maximum absolute atomic E-state index is 12.9. The Bertz CT molecular complexity index is 980. The zero-order valence-corrected chi connectivity index (χ0v) is 18.0. The van der Waals surface area contributed by atoms with Crippen LogP contribution in [-0.2, 0) is 19.6 Å². The maximum atomic E-state index is 12.9. The van der Waals surface area contributed by atoms with Crippen LogP contribution in [0.3, 0.4) is 0 Å². The van der Waals surface area contributed by atoms with E-state index in [1.54, 1.807) is 44.2 Å². The molecule has 0 spiro atoms. The van der Waals surface area contributed by atoms with E-state index in [0.29, 0.717) is 11.4 Å². The van der Waals surface area contributed by atoms with Gasteiger partial charge in [0.2, 0.25) is 15.9 Å². The quantitative estimate of drug-likeness (QED) is 0.634. The van der Waals surface area contributed by atoms with Gasteiger partial charge in [-0.3, -0.25) is 9.10 Å². The number of halogens is 1. The molecule has 0 radical (unpaired) electrons. The number of hydrogen-bond donors (Lipinski definition) is 1. The average molecular weight is 439 g/mol. The topological polar surface area (TPSA) is 92.8 Å². The van der Waals surface area contributed by atoms with Crippen LogP contribution in [0.15, 0.2) is 48.5 Å². The summed E-state index contributed by atoms with van der Waals surface area (Å²) >= 11 is 6.13. The molecule has 0 bridgehead atoms. The molecule has 156 valence electrons. The number of anilines is 2. The summed E-state index contributed by atoms with van der Waals surface area (Å²) in [5.74, 6) is -1.07. The van der Waals surface area contributed by atoms with Crippen molar-refractivity contribution in [2.45, 2.75) is 26.3 Å². The third-order valence-corrected chi connectivity index (χ3v) is 5.56. The summed E-state index contributed by atoms with van der Waals surface area (Å²) in [5.41, 5.74) is 0.918. The van der Waals surface area contributed by atoms with Crippen molar-refractivity contribution >= 4 is 44.9 Å². The van der Waals surface area contributed by atoms with Crippen LogP contribution in [0.5, 0.6) is 0 Å². The van der Waals surface area contributed by atoms with Gasteiger partial charge in [0.05, 0.1) is 29.1 Å². The molecule has 1 atom stereocenters. The second kappa shape index (κ2) is 9.76. The Morgan fingerprint density at radius 1 is 1.14 bits per heavy atom. The van der Waals surface area contributed by atoms with Crippen molar-refractivity contribution in [2.75, 3.05) is 22.5 Å². The minimum Gasteiger partial charge on any atom is -0.462 e. The van der Waals surface area contributed by atoms with E-state index < -0.39 is 27.9 Å². The number of esters is 1. The number of nitrogens with one attached hydrogen (secondary N) is 1. The maximum Gasteiger partial charge on any atom is 0.339 e. The van der Waals surface area contributed by atoms with Gasteiger partial charge in [-0.2, -0.15) is 0 Å². The predicted molar refractivity (Wildman–Crippen MR) is 114 cm³/mol. The van der Waals surface area contributed by atoms with Crippen LogP contribution >= 0.6 is 11.6 Å². The van der Waals surface area contributed by atoms with Crippen LogP contribution in [0, 0.1) is 0 Å². The lowest BCUT2D eigenvalue weighted by Crippen LogP contribution is -2.46. The van der Waals surface area contributed by atoms with Gasteiger partial charge in [0.15, 0.2) is 0 Å². The molecule has 7 nitrogen and oxygen atoms in total. The first kappa shape index (κ1) is 22.7. The fraction of sp³-hybridized carbons (Fsp3) is 0.300. The van der Waals surface area contributed by atoms with Crippen LogP contribution in [0.25, 0.3) is 0 Å². The lowest BCUT2D eigenvalue weighted by Gasteiger charge is -2.30. The van der Waals surface area contributed by atoms with Gasteiger partial charge in [-0.25, -0.2) is 13.2 Å². The van der Waals surface area contributed by atoms with Crippen molar-refractivity contribution < 1.29 is 22.7 Å². The van der Waals surface area contributed by atoms with E-state index in [9.17, 15) is 18.0 Å². The van der Waals surface area contributed by atoms with Crippen molar-refractivity contribution in [3.63, 3.8) is 0 Å². The molecule has 0 aliphatic rings. The van der Waals surface area contributed by atoms with Gasteiger partial charge in [-0.1, -0.05) is 36.7 Å². The van der Waals surface area contributed by atoms with Crippen LogP contribution in [0.1, 0.15) is 30.6 Å². The zero-order valence-electron chi connectivity index (χ0n) is 16.4. The van der Waals surface area contributed by atoms with E-state index in [2.05, 4.69) is 5.32 Å². The highest BCUT2D eigenvalue weighted by Gasteiger charge is 2.31. The molecular formula is C20H23ClN2O5S. The van der Waals surface area contributed by atoms with Crippen molar-refractivity contribution in [1.82, 2.24) is 0 Å². The van der Waals surface area contributed by atoms with Crippen molar-refractivity contribution in [3.05, 3.63) is 59.1 Å². The Morgan fingerprint density at radius 3 is 2.31 bits per heavy atom. The van der Waals surface area contributed by atoms with Gasteiger partial charge in [-0.05, 0) is 43.7 Å². The second-order valence-electron chi connectivity index (χ2n) is 6.22. The molecule has 0 saturated carbocycles. The lowest BCUT2D eigenvalue weighted by atomic mass is 10.1. The third-order valence-electron chi connectivity index (χ3n) is 4.07. The third kappa shape index (κ3) is 5.71. The number of carbonyl (C=O) groups excluding carboxylic acids is 2. The molecule has 0 aromatic heterocycles. The number of sulfonamides is 1. The summed E-state index contributed by atoms with van der Waals surface area (Å²) in [6.07, 6.45) is 1.31. The molecule has 0 saturated heterocycles. The summed E-state index contributed by atoms with van der Waals surface area (Å²) in [7, 11) is -3.71. The SMILES string of the molecule is CCOC(=O)c1ccc(NC(=O)[C@@H](CC)N(c2ccccc2)S(C)(=O)=O)cc1Cl. The summed E-state index contributed by atoms with van der Waals surface area (Å²) < 4.78 is 30.8. The number of carbonyl (C=O) groups is 2. The highest BCUT2D eigenvalue weighted by atomic mass is 35.5. The van der Waals surface area contributed by atoms with Gasteiger partial charge in [0.1, 0.15) is 6.04 Å². The Balaban J connectivity index is 2.29. The summed E-state index contributed by atoms with van der Waals surface area (Å²) in [6.45, 7) is 3.63. The van der Waals surface area contributed by atoms with E-state index in [1.165, 1.54) is 18.2 Å². The standard InChI is InChI=1S/C20H23ClN2O5S/c1-4-18(23(29(3,26)27)15-9-7-6-8-10-15)19(24)22-14-11-12-16(17(21)13-14)20(25)28-5-2/h6-13,18H,4-5H2,1-3H3,(H,22,24)/t18-/m1/s1. The zero-order chi connectivity index (χ0) is 21.6. The lowest BCUT2D eigenvalue weighted by molar-refractivity contribution is -0.117. The second-order valence-corrected chi connectivity index (χ2v) is 8.49. The van der Waals surface area contributed by atoms with Gasteiger partial charge < -0.3 is 10.1 Å². The number of hydrogen-bond acceptors (Lipinski definition) is 5. The van der Waals surface area contributed by atoms with Crippen molar-refractivity contribution in [3.8, 4) is 0 Å². The smallest absolute Gasteiger partial charge is 0.339 e. The van der Waals surface area contributed by atoms with E-state index >= 15 is 0 Å². The Morgan fingerprint density at radius 2 is 1.79 bits per heavy atom. The first-order valence-electron chi connectivity index (χ1n) is 9.01. The molecule has 1 amide bonds. The fourth-order valence-corrected chi connectivity index (χ4v) is 4.30. The number of para-hydroxylation sites is 1. The molecule has 0 fully saturated rings. The molecule has 2 rings (SSSR count). The minimum absolute atomic E-state index is 0.123. The Labute approximate surface area is 175 Å². The molecule has 2 aromatic carbocycles. The largest absolute Gasteiger partial charge is 0.462 e. The molecule has 0 aliphatic heterocycles. The summed E-state index contributed by atoms with van der Waals surface area (Å²) in [5, 5.41) is 2.80. The molecule has 2 aromatic rings. The van der Waals surface area contributed by atoms with E-state index in [-0.39, 0.29) is 23.6 Å². The van der Waals surface area contributed by atoms with Crippen LogP contribution in [0.2, 0.25) is 5.02 Å². The van der Waals surface area contributed by atoms with Gasteiger partial charge in [-0.15, -0.1) is 0 Å². The van der Waals surface area contributed by atoms with E-state index in [4.69, 9.17) is 16.3 Å². The molecule has 0 heterocycles. The van der Waals surface area contributed by atoms with Crippen molar-refractivity contribution in [2.24, 2.45) is 0 Å². The number of nitrogens with zero attached hydrogens (tertiary/aromatic N) is 1. The van der Waals surface area contributed by atoms with Gasteiger partial charge in [0, 0.05) is 5.69 Å². The minimum atomic E-state index is -3.71. The van der Waals surface area contributed by atoms with Crippen LogP contribution in [-0.4, -0.2) is 39.2 Å². The fourth-order valence-electron chi connectivity index (χ4n) is 2.83. The number of amides is 1. The average Bonchev–Trinajstić information content (AvgIpc) is 2.65. The number of rotatable bonds is 8. The van der Waals surface area contributed by atoms with E-state index in [0.717, 1.165) is 10.6 Å². The van der Waals surface area contributed by atoms with Crippen LogP contribution in [0.4, 0.5) is 11.4 Å². The highest BCUT2D eigenvalue weighted by molar-refractivity contribution is 7.92. The first-order valence-corrected chi connectivity index (χ1v) is 11.2. The molecule has 1 N–H and O–H groups in total. The number of benzene rings is 2. The Hall–Kier alpha value is -2.58. The summed E-state index contributed by atoms with van der Waals surface area (Å²) in [4.78, 5) is 24.7. The molecule has 9 heteroatoms. The molecular weight excluding hydrogens is 416 g/mol. The normalized spacial score (nSPS) is 12.1. The van der Waals surface area contributed by atoms with Crippen LogP contribution < -0.4 is 9.62 Å². The molecule has 0 unspecified atom stereocenters. The first-order chi connectivity index (χ1) is 13.7. The predicted octanol–water partition coefficient (Wildman–Crippen LogP) is 3.70. The van der Waals surface area contributed by atoms with E-state index in [1.807, 2.05) is 0 Å². The highest BCUT2D eigenvalue weighted by Crippen LogP contribution is 2.25. The number of ether oxygens (including phenoxy) is 1. The van der Waals surface area contributed by atoms with Gasteiger partial charge >= 0.3 is 5.97 Å².